The molecule has 3 aromatic carbocycles. The number of carbonyl (C=O) groups excluding carboxylic acids is 2. The van der Waals surface area contributed by atoms with Gasteiger partial charge in [-0.05, 0) is 48.0 Å². The molecule has 2 atom stereocenters. The van der Waals surface area contributed by atoms with Gasteiger partial charge < -0.3 is 19.7 Å². The SMILES string of the molecule is O=C(O)/C=C/[C@H](Oc1ccccc1)[C@@H](OC(=O)NC(=O)c1ccccc1)c1ccc(O)cc1. The lowest BCUT2D eigenvalue weighted by Gasteiger charge is -2.26. The lowest BCUT2D eigenvalue weighted by atomic mass is 10.0. The molecule has 2 amide bonds. The maximum absolute atomic E-state index is 12.6. The smallest absolute Gasteiger partial charge is 0.414 e. The van der Waals surface area contributed by atoms with Crippen molar-refractivity contribution in [2.45, 2.75) is 12.2 Å². The summed E-state index contributed by atoms with van der Waals surface area (Å²) in [6, 6.07) is 22.5. The molecular formula is C25H21NO7. The Morgan fingerprint density at radius 1 is 0.848 bits per heavy atom. The van der Waals surface area contributed by atoms with E-state index in [4.69, 9.17) is 14.6 Å². The quantitative estimate of drug-likeness (QED) is 0.445. The number of aliphatic carboxylic acids is 1. The molecule has 3 rings (SSSR count). The molecule has 0 heterocycles. The second-order valence-electron chi connectivity index (χ2n) is 6.83. The van der Waals surface area contributed by atoms with Crippen molar-refractivity contribution in [1.82, 2.24) is 5.32 Å². The third kappa shape index (κ3) is 6.96. The summed E-state index contributed by atoms with van der Waals surface area (Å²) in [6.45, 7) is 0. The Labute approximate surface area is 189 Å². The number of carbonyl (C=O) groups is 3. The van der Waals surface area contributed by atoms with Gasteiger partial charge >= 0.3 is 12.1 Å². The van der Waals surface area contributed by atoms with Crippen LogP contribution in [-0.4, -0.2) is 34.3 Å². The largest absolute Gasteiger partial charge is 0.508 e. The number of phenolic OH excluding ortho intramolecular Hbond substituents is 1. The van der Waals surface area contributed by atoms with E-state index in [0.717, 1.165) is 6.08 Å². The maximum Gasteiger partial charge on any atom is 0.414 e. The second-order valence-corrected chi connectivity index (χ2v) is 6.83. The number of para-hydroxylation sites is 1. The van der Waals surface area contributed by atoms with E-state index < -0.39 is 30.2 Å². The molecule has 168 valence electrons. The number of amides is 2. The number of phenols is 1. The molecule has 0 radical (unpaired) electrons. The van der Waals surface area contributed by atoms with Gasteiger partial charge in [0.2, 0.25) is 0 Å². The van der Waals surface area contributed by atoms with E-state index in [9.17, 15) is 19.5 Å². The highest BCUT2D eigenvalue weighted by Crippen LogP contribution is 2.28. The van der Waals surface area contributed by atoms with Crippen LogP contribution in [0.25, 0.3) is 0 Å². The summed E-state index contributed by atoms with van der Waals surface area (Å²) in [5.41, 5.74) is 0.671. The summed E-state index contributed by atoms with van der Waals surface area (Å²) in [5, 5.41) is 20.9. The minimum absolute atomic E-state index is 0.0113. The molecule has 8 nitrogen and oxygen atoms in total. The summed E-state index contributed by atoms with van der Waals surface area (Å²) in [6.07, 6.45) is -1.15. The van der Waals surface area contributed by atoms with Crippen LogP contribution in [-0.2, 0) is 9.53 Å². The number of nitrogens with one attached hydrogen (secondary N) is 1. The van der Waals surface area contributed by atoms with Gasteiger partial charge in [0.1, 0.15) is 11.5 Å². The highest BCUT2D eigenvalue weighted by atomic mass is 16.6. The Kier molecular flexibility index (Phi) is 7.80. The van der Waals surface area contributed by atoms with Gasteiger partial charge in [-0.15, -0.1) is 0 Å². The van der Waals surface area contributed by atoms with Gasteiger partial charge in [0.25, 0.3) is 5.91 Å². The van der Waals surface area contributed by atoms with Gasteiger partial charge in [-0.25, -0.2) is 9.59 Å². The molecule has 0 unspecified atom stereocenters. The number of carboxylic acid groups (broad SMARTS) is 1. The number of rotatable bonds is 8. The van der Waals surface area contributed by atoms with Crippen molar-refractivity contribution in [3.63, 3.8) is 0 Å². The fourth-order valence-corrected chi connectivity index (χ4v) is 2.92. The monoisotopic (exact) mass is 447 g/mol. The Hall–Kier alpha value is -4.59. The van der Waals surface area contributed by atoms with E-state index in [1.54, 1.807) is 48.5 Å². The summed E-state index contributed by atoms with van der Waals surface area (Å²) in [5.74, 6) is -1.48. The average Bonchev–Trinajstić information content (AvgIpc) is 2.82. The fraction of sp³-hybridized carbons (Fsp3) is 0.0800. The van der Waals surface area contributed by atoms with E-state index in [0.29, 0.717) is 11.3 Å². The zero-order valence-electron chi connectivity index (χ0n) is 17.3. The fourth-order valence-electron chi connectivity index (χ4n) is 2.92. The lowest BCUT2D eigenvalue weighted by Crippen LogP contribution is -2.35. The third-order valence-corrected chi connectivity index (χ3v) is 4.45. The van der Waals surface area contributed by atoms with Crippen molar-refractivity contribution < 1.29 is 34.1 Å². The van der Waals surface area contributed by atoms with Crippen LogP contribution < -0.4 is 10.1 Å². The number of imide groups is 1. The van der Waals surface area contributed by atoms with Crippen LogP contribution in [0.1, 0.15) is 22.0 Å². The number of aromatic hydroxyl groups is 1. The van der Waals surface area contributed by atoms with Crippen LogP contribution in [0, 0.1) is 0 Å². The number of benzene rings is 3. The number of carboxylic acids is 1. The van der Waals surface area contributed by atoms with Crippen LogP contribution in [0.15, 0.2) is 97.1 Å². The van der Waals surface area contributed by atoms with Crippen LogP contribution in [0.3, 0.4) is 0 Å². The lowest BCUT2D eigenvalue weighted by molar-refractivity contribution is -0.131. The summed E-state index contributed by atoms with van der Waals surface area (Å²) >= 11 is 0. The Bertz CT molecular complexity index is 1110. The second kappa shape index (κ2) is 11.1. The van der Waals surface area contributed by atoms with Crippen molar-refractivity contribution in [2.75, 3.05) is 0 Å². The van der Waals surface area contributed by atoms with Crippen molar-refractivity contribution in [2.24, 2.45) is 0 Å². The zero-order chi connectivity index (χ0) is 23.6. The number of ether oxygens (including phenoxy) is 2. The van der Waals surface area contributed by atoms with E-state index in [1.165, 1.54) is 42.5 Å². The summed E-state index contributed by atoms with van der Waals surface area (Å²) in [4.78, 5) is 36.0. The van der Waals surface area contributed by atoms with Crippen LogP contribution in [0.2, 0.25) is 0 Å². The van der Waals surface area contributed by atoms with E-state index in [1.807, 2.05) is 0 Å². The molecule has 0 spiro atoms. The Morgan fingerprint density at radius 2 is 1.45 bits per heavy atom. The van der Waals surface area contributed by atoms with Crippen molar-refractivity contribution in [3.8, 4) is 11.5 Å². The minimum Gasteiger partial charge on any atom is -0.508 e. The first-order valence-electron chi connectivity index (χ1n) is 9.91. The summed E-state index contributed by atoms with van der Waals surface area (Å²) < 4.78 is 11.4. The van der Waals surface area contributed by atoms with Crippen molar-refractivity contribution >= 4 is 18.0 Å². The molecule has 0 bridgehead atoms. The highest BCUT2D eigenvalue weighted by Gasteiger charge is 2.28. The highest BCUT2D eigenvalue weighted by molar-refractivity contribution is 6.02. The van der Waals surface area contributed by atoms with Gasteiger partial charge in [-0.3, -0.25) is 10.1 Å². The molecule has 0 saturated heterocycles. The van der Waals surface area contributed by atoms with Crippen molar-refractivity contribution in [1.29, 1.82) is 0 Å². The first-order chi connectivity index (χ1) is 15.9. The van der Waals surface area contributed by atoms with Crippen molar-refractivity contribution in [3.05, 3.63) is 108 Å². The normalized spacial score (nSPS) is 12.5. The first kappa shape index (κ1) is 23.1. The number of hydrogen-bond acceptors (Lipinski definition) is 6. The predicted molar refractivity (Wildman–Crippen MR) is 119 cm³/mol. The Morgan fingerprint density at radius 3 is 2.06 bits per heavy atom. The van der Waals surface area contributed by atoms with Crippen LogP contribution >= 0.6 is 0 Å². The van der Waals surface area contributed by atoms with Gasteiger partial charge in [0.15, 0.2) is 12.2 Å². The molecule has 0 fully saturated rings. The summed E-state index contributed by atoms with van der Waals surface area (Å²) in [7, 11) is 0. The molecule has 0 aliphatic heterocycles. The molecule has 3 aromatic rings. The molecule has 0 aliphatic rings. The van der Waals surface area contributed by atoms with E-state index in [-0.39, 0.29) is 11.3 Å². The predicted octanol–water partition coefficient (Wildman–Crippen LogP) is 4.09. The van der Waals surface area contributed by atoms with E-state index >= 15 is 0 Å². The topological polar surface area (TPSA) is 122 Å². The first-order valence-corrected chi connectivity index (χ1v) is 9.91. The molecular weight excluding hydrogens is 426 g/mol. The minimum atomic E-state index is -1.22. The van der Waals surface area contributed by atoms with Gasteiger partial charge in [0, 0.05) is 11.6 Å². The third-order valence-electron chi connectivity index (χ3n) is 4.45. The molecule has 33 heavy (non-hydrogen) atoms. The van der Waals surface area contributed by atoms with Gasteiger partial charge in [0.05, 0.1) is 0 Å². The molecule has 0 aromatic heterocycles. The van der Waals surface area contributed by atoms with Crippen LogP contribution in [0.5, 0.6) is 11.5 Å². The van der Waals surface area contributed by atoms with Gasteiger partial charge in [-0.2, -0.15) is 0 Å². The molecule has 0 saturated carbocycles. The zero-order valence-corrected chi connectivity index (χ0v) is 17.3. The molecule has 0 aliphatic carbocycles. The van der Waals surface area contributed by atoms with E-state index in [2.05, 4.69) is 5.32 Å². The molecule has 3 N–H and O–H groups in total. The maximum atomic E-state index is 12.6. The van der Waals surface area contributed by atoms with Crippen LogP contribution in [0.4, 0.5) is 4.79 Å². The molecule has 8 heteroatoms. The Balaban J connectivity index is 1.88. The number of alkyl carbamates (subject to hydrolysis) is 1. The average molecular weight is 447 g/mol. The van der Waals surface area contributed by atoms with Gasteiger partial charge in [-0.1, -0.05) is 48.5 Å². The standard InChI is InChI=1S/C25H21NO7/c27-19-13-11-17(12-14-19)23(33-25(31)26-24(30)18-7-3-1-4-8-18)21(15-16-22(28)29)32-20-9-5-2-6-10-20/h1-16,21,23,27H,(H,28,29)(H,26,30,31)/b16-15+/t21-,23-/m0/s1. The number of hydrogen-bond donors (Lipinski definition) is 3.